The summed E-state index contributed by atoms with van der Waals surface area (Å²) in [4.78, 5) is 18.4. The Hall–Kier alpha value is -0.870. The zero-order chi connectivity index (χ0) is 13.1. The van der Waals surface area contributed by atoms with Crippen LogP contribution in [0.2, 0.25) is 0 Å². The Labute approximate surface area is 111 Å². The zero-order valence-electron chi connectivity index (χ0n) is 10.00. The van der Waals surface area contributed by atoms with E-state index in [2.05, 4.69) is 15.3 Å². The fourth-order valence-electron chi connectivity index (χ4n) is 1.42. The van der Waals surface area contributed by atoms with E-state index in [0.717, 1.165) is 11.3 Å². The van der Waals surface area contributed by atoms with Crippen LogP contribution in [0.5, 0.6) is 0 Å². The predicted molar refractivity (Wildman–Crippen MR) is 68.1 cm³/mol. The van der Waals surface area contributed by atoms with Crippen LogP contribution in [-0.2, 0) is 16.8 Å². The fourth-order valence-corrected chi connectivity index (χ4v) is 1.58. The van der Waals surface area contributed by atoms with Crippen LogP contribution >= 0.6 is 23.2 Å². The molecule has 1 N–H and O–H groups in total. The number of nitrogens with zero attached hydrogens (tertiary/aromatic N) is 2. The van der Waals surface area contributed by atoms with Crippen LogP contribution in [0.3, 0.4) is 0 Å². The van der Waals surface area contributed by atoms with Crippen LogP contribution in [0.25, 0.3) is 0 Å². The summed E-state index contributed by atoms with van der Waals surface area (Å²) in [5.74, 6) is -0.419. The number of amides is 1. The van der Waals surface area contributed by atoms with Gasteiger partial charge in [0.2, 0.25) is 0 Å². The minimum absolute atomic E-state index is 0.107. The van der Waals surface area contributed by atoms with Crippen molar-refractivity contribution < 1.29 is 4.79 Å². The highest BCUT2D eigenvalue weighted by Gasteiger charge is 2.20. The number of aromatic nitrogens is 2. The van der Waals surface area contributed by atoms with Crippen molar-refractivity contribution in [3.63, 3.8) is 0 Å². The van der Waals surface area contributed by atoms with Crippen molar-refractivity contribution >= 4 is 29.1 Å². The van der Waals surface area contributed by atoms with E-state index < -0.39 is 10.7 Å². The van der Waals surface area contributed by atoms with Crippen LogP contribution in [-0.4, -0.2) is 20.7 Å². The minimum atomic E-state index is -1.06. The summed E-state index contributed by atoms with van der Waals surface area (Å²) in [6.07, 6.45) is 3.18. The van der Waals surface area contributed by atoms with Gasteiger partial charge in [-0.05, 0) is 0 Å². The topological polar surface area (TPSA) is 54.9 Å². The standard InChI is InChI=1S/C11H15Cl2N3O/c1-11(2,3)8-7(4-14-6-16-8)5-15-10(17)9(12)13/h4,6,9H,5H2,1-3H3,(H,15,17). The van der Waals surface area contributed by atoms with E-state index >= 15 is 0 Å². The van der Waals surface area contributed by atoms with Crippen molar-refractivity contribution in [1.29, 1.82) is 0 Å². The van der Waals surface area contributed by atoms with Crippen molar-refractivity contribution in [3.05, 3.63) is 23.8 Å². The Balaban J connectivity index is 2.82. The smallest absolute Gasteiger partial charge is 0.253 e. The maximum atomic E-state index is 11.3. The lowest BCUT2D eigenvalue weighted by Gasteiger charge is -2.21. The number of carbonyl (C=O) groups is 1. The Bertz CT molecular complexity index is 402. The van der Waals surface area contributed by atoms with Crippen LogP contribution in [0.1, 0.15) is 32.0 Å². The summed E-state index contributed by atoms with van der Waals surface area (Å²) >= 11 is 10.9. The number of carbonyl (C=O) groups excluding carboxylic acids is 1. The Kier molecular flexibility index (Phi) is 4.71. The van der Waals surface area contributed by atoms with Gasteiger partial charge in [0.1, 0.15) is 6.33 Å². The lowest BCUT2D eigenvalue weighted by Crippen LogP contribution is -2.29. The van der Waals surface area contributed by atoms with Gasteiger partial charge in [-0.2, -0.15) is 0 Å². The third-order valence-corrected chi connectivity index (χ3v) is 2.55. The molecule has 17 heavy (non-hydrogen) atoms. The van der Waals surface area contributed by atoms with Gasteiger partial charge in [-0.3, -0.25) is 4.79 Å². The quantitative estimate of drug-likeness (QED) is 0.861. The molecule has 0 aliphatic carbocycles. The second-order valence-electron chi connectivity index (χ2n) is 4.67. The molecule has 0 atom stereocenters. The van der Waals surface area contributed by atoms with E-state index in [1.807, 2.05) is 20.8 Å². The molecule has 0 bridgehead atoms. The predicted octanol–water partition coefficient (Wildman–Crippen LogP) is 2.19. The molecular weight excluding hydrogens is 261 g/mol. The molecule has 6 heteroatoms. The van der Waals surface area contributed by atoms with E-state index in [1.165, 1.54) is 6.33 Å². The van der Waals surface area contributed by atoms with Crippen molar-refractivity contribution in [2.24, 2.45) is 0 Å². The molecule has 4 nitrogen and oxygen atoms in total. The second-order valence-corrected chi connectivity index (χ2v) is 5.76. The number of halogens is 2. The summed E-state index contributed by atoms with van der Waals surface area (Å²) in [6.45, 7) is 6.47. The van der Waals surface area contributed by atoms with Crippen LogP contribution in [0.4, 0.5) is 0 Å². The highest BCUT2D eigenvalue weighted by atomic mass is 35.5. The van der Waals surface area contributed by atoms with Gasteiger partial charge in [-0.15, -0.1) is 0 Å². The summed E-state index contributed by atoms with van der Waals surface area (Å²) in [6, 6.07) is 0. The molecule has 1 rings (SSSR count). The molecule has 0 aliphatic heterocycles. The molecule has 1 aromatic rings. The highest BCUT2D eigenvalue weighted by Crippen LogP contribution is 2.22. The maximum absolute atomic E-state index is 11.3. The van der Waals surface area contributed by atoms with Crippen molar-refractivity contribution in [1.82, 2.24) is 15.3 Å². The Morgan fingerprint density at radius 1 is 1.47 bits per heavy atom. The largest absolute Gasteiger partial charge is 0.350 e. The third kappa shape index (κ3) is 4.13. The average Bonchev–Trinajstić information content (AvgIpc) is 2.24. The minimum Gasteiger partial charge on any atom is -0.350 e. The summed E-state index contributed by atoms with van der Waals surface area (Å²) in [5.41, 5.74) is 1.65. The first-order chi connectivity index (χ1) is 7.82. The van der Waals surface area contributed by atoms with Gasteiger partial charge in [-0.25, -0.2) is 9.97 Å². The first kappa shape index (κ1) is 14.2. The van der Waals surface area contributed by atoms with Gasteiger partial charge in [0, 0.05) is 23.7 Å². The molecule has 1 amide bonds. The average molecular weight is 276 g/mol. The van der Waals surface area contributed by atoms with Crippen LogP contribution in [0.15, 0.2) is 12.5 Å². The van der Waals surface area contributed by atoms with Gasteiger partial charge in [-0.1, -0.05) is 44.0 Å². The zero-order valence-corrected chi connectivity index (χ0v) is 11.5. The molecule has 1 heterocycles. The molecule has 0 radical (unpaired) electrons. The number of alkyl halides is 2. The number of rotatable bonds is 3. The number of hydrogen-bond donors (Lipinski definition) is 1. The van der Waals surface area contributed by atoms with Gasteiger partial charge in [0.25, 0.3) is 5.91 Å². The molecule has 0 aromatic carbocycles. The van der Waals surface area contributed by atoms with E-state index in [4.69, 9.17) is 23.2 Å². The van der Waals surface area contributed by atoms with E-state index in [9.17, 15) is 4.79 Å². The maximum Gasteiger partial charge on any atom is 0.253 e. The van der Waals surface area contributed by atoms with Crippen molar-refractivity contribution in [2.75, 3.05) is 0 Å². The summed E-state index contributed by atoms with van der Waals surface area (Å²) < 4.78 is 0. The normalized spacial score (nSPS) is 11.6. The summed E-state index contributed by atoms with van der Waals surface area (Å²) in [7, 11) is 0. The fraction of sp³-hybridized carbons (Fsp3) is 0.545. The van der Waals surface area contributed by atoms with E-state index in [-0.39, 0.29) is 5.41 Å². The van der Waals surface area contributed by atoms with Gasteiger partial charge >= 0.3 is 0 Å². The highest BCUT2D eigenvalue weighted by molar-refractivity contribution is 6.53. The van der Waals surface area contributed by atoms with E-state index in [0.29, 0.717) is 6.54 Å². The lowest BCUT2D eigenvalue weighted by atomic mass is 9.89. The third-order valence-electron chi connectivity index (χ3n) is 2.15. The van der Waals surface area contributed by atoms with Gasteiger partial charge in [0.05, 0.1) is 5.69 Å². The molecule has 0 unspecified atom stereocenters. The van der Waals surface area contributed by atoms with Crippen molar-refractivity contribution in [3.8, 4) is 0 Å². The molecular formula is C11H15Cl2N3O. The molecule has 0 saturated heterocycles. The SMILES string of the molecule is CC(C)(C)c1ncncc1CNC(=O)C(Cl)Cl. The van der Waals surface area contributed by atoms with Gasteiger partial charge in [0.15, 0.2) is 4.84 Å². The Morgan fingerprint density at radius 2 is 2.12 bits per heavy atom. The van der Waals surface area contributed by atoms with Crippen LogP contribution in [0, 0.1) is 0 Å². The number of hydrogen-bond acceptors (Lipinski definition) is 3. The first-order valence-corrected chi connectivity index (χ1v) is 6.05. The molecule has 0 saturated carbocycles. The van der Waals surface area contributed by atoms with E-state index in [1.54, 1.807) is 6.20 Å². The molecule has 0 aliphatic rings. The lowest BCUT2D eigenvalue weighted by molar-refractivity contribution is -0.119. The molecule has 0 spiro atoms. The Morgan fingerprint density at radius 3 is 2.65 bits per heavy atom. The second kappa shape index (κ2) is 5.65. The number of nitrogens with one attached hydrogen (secondary N) is 1. The van der Waals surface area contributed by atoms with Gasteiger partial charge < -0.3 is 5.32 Å². The monoisotopic (exact) mass is 275 g/mol. The van der Waals surface area contributed by atoms with Crippen molar-refractivity contribution in [2.45, 2.75) is 37.6 Å². The van der Waals surface area contributed by atoms with Crippen LogP contribution < -0.4 is 5.32 Å². The molecule has 1 aromatic heterocycles. The molecule has 94 valence electrons. The summed E-state index contributed by atoms with van der Waals surface area (Å²) in [5, 5.41) is 2.63. The first-order valence-electron chi connectivity index (χ1n) is 5.17. The molecule has 0 fully saturated rings.